The van der Waals surface area contributed by atoms with Crippen molar-refractivity contribution in [2.75, 3.05) is 7.11 Å². The molecule has 0 fully saturated rings. The molecule has 1 atom stereocenters. The Morgan fingerprint density at radius 2 is 1.95 bits per heavy atom. The van der Waals surface area contributed by atoms with Gasteiger partial charge in [0.25, 0.3) is 0 Å². The van der Waals surface area contributed by atoms with Crippen LogP contribution in [-0.2, 0) is 0 Å². The average molecular weight is 272 g/mol. The molecule has 1 aliphatic rings. The van der Waals surface area contributed by atoms with Crippen molar-refractivity contribution < 1.29 is 18.7 Å². The lowest BCUT2D eigenvalue weighted by Crippen LogP contribution is -2.20. The zero-order valence-electron chi connectivity index (χ0n) is 10.9. The highest BCUT2D eigenvalue weighted by molar-refractivity contribution is 6.00. The topological polar surface area (TPSA) is 35.5 Å². The minimum absolute atomic E-state index is 0.0169. The van der Waals surface area contributed by atoms with Crippen molar-refractivity contribution in [2.45, 2.75) is 12.5 Å². The molecule has 0 radical (unpaired) electrons. The van der Waals surface area contributed by atoms with Crippen LogP contribution in [0.3, 0.4) is 0 Å². The number of fused-ring (bicyclic) bond motifs is 1. The summed E-state index contributed by atoms with van der Waals surface area (Å²) in [6.45, 7) is 0. The molecule has 1 heterocycles. The van der Waals surface area contributed by atoms with Crippen LogP contribution in [0.25, 0.3) is 0 Å². The maximum Gasteiger partial charge on any atom is 0.170 e. The lowest BCUT2D eigenvalue weighted by molar-refractivity contribution is 0.0849. The highest BCUT2D eigenvalue weighted by atomic mass is 19.1. The maximum absolute atomic E-state index is 12.9. The van der Waals surface area contributed by atoms with E-state index >= 15 is 0 Å². The van der Waals surface area contributed by atoms with E-state index in [0.29, 0.717) is 17.1 Å². The van der Waals surface area contributed by atoms with Gasteiger partial charge in [-0.3, -0.25) is 4.79 Å². The van der Waals surface area contributed by atoms with E-state index in [0.717, 1.165) is 5.56 Å². The Kier molecular flexibility index (Phi) is 3.14. The van der Waals surface area contributed by atoms with E-state index in [4.69, 9.17) is 9.47 Å². The van der Waals surface area contributed by atoms with Crippen molar-refractivity contribution in [3.8, 4) is 11.5 Å². The molecule has 4 heteroatoms. The fourth-order valence-corrected chi connectivity index (χ4v) is 2.29. The van der Waals surface area contributed by atoms with Gasteiger partial charge in [0.15, 0.2) is 5.78 Å². The summed E-state index contributed by atoms with van der Waals surface area (Å²) in [7, 11) is 1.56. The third-order valence-corrected chi connectivity index (χ3v) is 3.37. The number of carbonyl (C=O) groups excluding carboxylic acids is 1. The van der Waals surface area contributed by atoms with Crippen molar-refractivity contribution >= 4 is 5.78 Å². The number of Topliss-reactive ketones (excluding diaryl/α,β-unsaturated/α-hetero) is 1. The molecule has 0 bridgehead atoms. The van der Waals surface area contributed by atoms with Gasteiger partial charge >= 0.3 is 0 Å². The number of methoxy groups -OCH3 is 1. The second-order valence-corrected chi connectivity index (χ2v) is 4.65. The van der Waals surface area contributed by atoms with Crippen LogP contribution in [0.15, 0.2) is 42.5 Å². The van der Waals surface area contributed by atoms with Gasteiger partial charge in [-0.2, -0.15) is 0 Å². The Bertz CT molecular complexity index is 649. The fourth-order valence-electron chi connectivity index (χ4n) is 2.29. The van der Waals surface area contributed by atoms with Crippen molar-refractivity contribution in [2.24, 2.45) is 0 Å². The van der Waals surface area contributed by atoms with Gasteiger partial charge in [-0.1, -0.05) is 12.1 Å². The summed E-state index contributed by atoms with van der Waals surface area (Å²) in [6.07, 6.45) is -0.131. The van der Waals surface area contributed by atoms with Crippen LogP contribution in [0, 0.1) is 5.82 Å². The minimum atomic E-state index is -0.386. The molecule has 0 spiro atoms. The Labute approximate surface area is 115 Å². The third kappa shape index (κ3) is 2.25. The quantitative estimate of drug-likeness (QED) is 0.838. The van der Waals surface area contributed by atoms with Crippen LogP contribution in [0.4, 0.5) is 4.39 Å². The first-order valence-corrected chi connectivity index (χ1v) is 6.31. The summed E-state index contributed by atoms with van der Waals surface area (Å²) >= 11 is 0. The molecule has 0 amide bonds. The van der Waals surface area contributed by atoms with Gasteiger partial charge in [-0.25, -0.2) is 4.39 Å². The molecule has 102 valence electrons. The molecule has 0 N–H and O–H groups in total. The number of carbonyl (C=O) groups is 1. The zero-order chi connectivity index (χ0) is 14.1. The van der Waals surface area contributed by atoms with Gasteiger partial charge in [-0.15, -0.1) is 0 Å². The molecular formula is C16H13FO3. The van der Waals surface area contributed by atoms with Gasteiger partial charge in [0.05, 0.1) is 19.1 Å². The first kappa shape index (κ1) is 12.7. The number of rotatable bonds is 2. The normalized spacial score (nSPS) is 17.3. The van der Waals surface area contributed by atoms with E-state index < -0.39 is 0 Å². The highest BCUT2D eigenvalue weighted by Gasteiger charge is 2.27. The van der Waals surface area contributed by atoms with Gasteiger partial charge < -0.3 is 9.47 Å². The minimum Gasteiger partial charge on any atom is -0.497 e. The smallest absolute Gasteiger partial charge is 0.170 e. The molecule has 2 aromatic rings. The predicted molar refractivity (Wildman–Crippen MR) is 71.7 cm³/mol. The number of hydrogen-bond donors (Lipinski definition) is 0. The average Bonchev–Trinajstić information content (AvgIpc) is 2.47. The lowest BCUT2D eigenvalue weighted by Gasteiger charge is -2.25. The molecule has 3 nitrogen and oxygen atoms in total. The zero-order valence-corrected chi connectivity index (χ0v) is 10.9. The third-order valence-electron chi connectivity index (χ3n) is 3.37. The van der Waals surface area contributed by atoms with Crippen LogP contribution in [-0.4, -0.2) is 12.9 Å². The largest absolute Gasteiger partial charge is 0.497 e. The van der Waals surface area contributed by atoms with Crippen LogP contribution in [0.1, 0.15) is 28.4 Å². The molecule has 0 saturated heterocycles. The van der Waals surface area contributed by atoms with Gasteiger partial charge in [0.2, 0.25) is 0 Å². The monoisotopic (exact) mass is 272 g/mol. The van der Waals surface area contributed by atoms with E-state index in [1.54, 1.807) is 37.4 Å². The SMILES string of the molecule is COc1ccc2c(c1)O[C@H](c1ccc(F)cc1)CC2=O. The number of ketones is 1. The Morgan fingerprint density at radius 3 is 2.65 bits per heavy atom. The Morgan fingerprint density at radius 1 is 1.20 bits per heavy atom. The molecule has 1 aliphatic heterocycles. The number of ether oxygens (including phenoxy) is 2. The van der Waals surface area contributed by atoms with Crippen molar-refractivity contribution in [1.82, 2.24) is 0 Å². The van der Waals surface area contributed by atoms with E-state index in [-0.39, 0.29) is 24.1 Å². The van der Waals surface area contributed by atoms with Crippen LogP contribution in [0.2, 0.25) is 0 Å². The van der Waals surface area contributed by atoms with Crippen molar-refractivity contribution in [3.63, 3.8) is 0 Å². The fraction of sp³-hybridized carbons (Fsp3) is 0.188. The summed E-state index contributed by atoms with van der Waals surface area (Å²) in [6, 6.07) is 11.1. The van der Waals surface area contributed by atoms with E-state index in [1.165, 1.54) is 12.1 Å². The number of benzene rings is 2. The Balaban J connectivity index is 1.94. The van der Waals surface area contributed by atoms with Crippen molar-refractivity contribution in [1.29, 1.82) is 0 Å². The van der Waals surface area contributed by atoms with E-state index in [2.05, 4.69) is 0 Å². The second kappa shape index (κ2) is 4.96. The summed E-state index contributed by atoms with van der Waals surface area (Å²) in [5.74, 6) is 0.854. The number of halogens is 1. The van der Waals surface area contributed by atoms with Gasteiger partial charge in [0.1, 0.15) is 23.4 Å². The van der Waals surface area contributed by atoms with Crippen molar-refractivity contribution in [3.05, 3.63) is 59.4 Å². The summed E-state index contributed by atoms with van der Waals surface area (Å²) in [5, 5.41) is 0. The first-order valence-electron chi connectivity index (χ1n) is 6.31. The molecule has 20 heavy (non-hydrogen) atoms. The number of hydrogen-bond acceptors (Lipinski definition) is 3. The van der Waals surface area contributed by atoms with E-state index in [9.17, 15) is 9.18 Å². The predicted octanol–water partition coefficient (Wildman–Crippen LogP) is 3.54. The first-order chi connectivity index (χ1) is 9.67. The second-order valence-electron chi connectivity index (χ2n) is 4.65. The Hall–Kier alpha value is -2.36. The highest BCUT2D eigenvalue weighted by Crippen LogP contribution is 2.36. The summed E-state index contributed by atoms with van der Waals surface area (Å²) < 4.78 is 23.9. The molecule has 0 aromatic heterocycles. The lowest BCUT2D eigenvalue weighted by atomic mass is 9.96. The summed E-state index contributed by atoms with van der Waals surface area (Å²) in [4.78, 5) is 12.1. The van der Waals surface area contributed by atoms with Gasteiger partial charge in [0, 0.05) is 6.07 Å². The molecule has 0 aliphatic carbocycles. The van der Waals surface area contributed by atoms with Crippen LogP contribution in [0.5, 0.6) is 11.5 Å². The summed E-state index contributed by atoms with van der Waals surface area (Å²) in [5.41, 5.74) is 1.34. The molecule has 3 rings (SSSR count). The molecule has 2 aromatic carbocycles. The van der Waals surface area contributed by atoms with E-state index in [1.807, 2.05) is 0 Å². The van der Waals surface area contributed by atoms with Crippen LogP contribution >= 0.6 is 0 Å². The standard InChI is InChI=1S/C16H13FO3/c1-19-12-6-7-13-14(18)9-15(20-16(13)8-12)10-2-4-11(17)5-3-10/h2-8,15H,9H2,1H3/t15-/m0/s1. The molecule has 0 saturated carbocycles. The molecular weight excluding hydrogens is 259 g/mol. The van der Waals surface area contributed by atoms with Crippen LogP contribution < -0.4 is 9.47 Å². The maximum atomic E-state index is 12.9. The molecule has 0 unspecified atom stereocenters. The van der Waals surface area contributed by atoms with Gasteiger partial charge in [-0.05, 0) is 29.8 Å².